The van der Waals surface area contributed by atoms with Crippen molar-refractivity contribution in [1.82, 2.24) is 20.4 Å². The quantitative estimate of drug-likeness (QED) is 0.812. The van der Waals surface area contributed by atoms with Crippen molar-refractivity contribution >= 4 is 0 Å². The summed E-state index contributed by atoms with van der Waals surface area (Å²) in [5.41, 5.74) is 0. The average Bonchev–Trinajstić information content (AvgIpc) is 2.77. The molecule has 17 heavy (non-hydrogen) atoms. The number of nitrogens with one attached hydrogen (secondary N) is 1. The molecule has 0 radical (unpaired) electrons. The van der Waals surface area contributed by atoms with Crippen molar-refractivity contribution in [3.63, 3.8) is 0 Å². The van der Waals surface area contributed by atoms with Crippen LogP contribution in [0.4, 0.5) is 0 Å². The number of ether oxygens (including phenoxy) is 1. The normalized spacial score (nSPS) is 23.8. The van der Waals surface area contributed by atoms with Gasteiger partial charge in [-0.05, 0) is 21.0 Å². The first-order valence-corrected chi connectivity index (χ1v) is 5.99. The highest BCUT2D eigenvalue weighted by Crippen LogP contribution is 2.18. The average molecular weight is 240 g/mol. The van der Waals surface area contributed by atoms with E-state index < -0.39 is 0 Å². The Morgan fingerprint density at radius 2 is 2.41 bits per heavy atom. The summed E-state index contributed by atoms with van der Waals surface area (Å²) in [6.07, 6.45) is 0.683. The molecule has 96 valence electrons. The number of rotatable bonds is 4. The largest absolute Gasteiger partial charge is 0.367 e. The molecule has 1 N–H and O–H groups in total. The lowest BCUT2D eigenvalue weighted by Crippen LogP contribution is -2.35. The summed E-state index contributed by atoms with van der Waals surface area (Å²) in [6.45, 7) is 4.57. The third-order valence-electron chi connectivity index (χ3n) is 3.01. The van der Waals surface area contributed by atoms with E-state index in [1.54, 1.807) is 0 Å². The van der Waals surface area contributed by atoms with E-state index in [0.29, 0.717) is 17.8 Å². The summed E-state index contributed by atoms with van der Waals surface area (Å²) in [6, 6.07) is 0.332. The summed E-state index contributed by atoms with van der Waals surface area (Å²) in [5, 5.41) is 7.14. The van der Waals surface area contributed by atoms with E-state index in [1.165, 1.54) is 0 Å². The smallest absolute Gasteiger partial charge is 0.228 e. The van der Waals surface area contributed by atoms with Gasteiger partial charge in [-0.1, -0.05) is 5.16 Å². The highest BCUT2D eigenvalue weighted by atomic mass is 16.5. The number of aromatic nitrogens is 2. The molecular formula is C11H20N4O2. The molecule has 0 saturated carbocycles. The molecule has 0 aliphatic carbocycles. The van der Waals surface area contributed by atoms with Crippen LogP contribution in [-0.2, 0) is 11.2 Å². The van der Waals surface area contributed by atoms with Crippen molar-refractivity contribution < 1.29 is 9.26 Å². The number of likely N-dealkylation sites (N-methyl/N-ethyl adjacent to an activating group) is 2. The monoisotopic (exact) mass is 240 g/mol. The molecule has 2 atom stereocenters. The molecule has 1 saturated heterocycles. The van der Waals surface area contributed by atoms with Crippen LogP contribution in [0.2, 0.25) is 0 Å². The zero-order valence-electron chi connectivity index (χ0n) is 10.6. The molecule has 1 fully saturated rings. The molecule has 1 aromatic rings. The van der Waals surface area contributed by atoms with Gasteiger partial charge >= 0.3 is 0 Å². The van der Waals surface area contributed by atoms with Crippen LogP contribution >= 0.6 is 0 Å². The standard InChI is InChI=1S/C11H20N4O2/c1-8(12-2)6-10-13-11(14-17-10)9-7-15(3)4-5-16-9/h8-9,12H,4-7H2,1-3H3. The van der Waals surface area contributed by atoms with Gasteiger partial charge in [0.25, 0.3) is 0 Å². The van der Waals surface area contributed by atoms with Crippen molar-refractivity contribution in [1.29, 1.82) is 0 Å². The molecule has 0 aromatic carbocycles. The Morgan fingerprint density at radius 1 is 1.59 bits per heavy atom. The fourth-order valence-electron chi connectivity index (χ4n) is 1.78. The molecule has 1 aliphatic heterocycles. The number of hydrogen-bond donors (Lipinski definition) is 1. The molecule has 1 aliphatic rings. The van der Waals surface area contributed by atoms with Crippen molar-refractivity contribution in [2.24, 2.45) is 0 Å². The van der Waals surface area contributed by atoms with Gasteiger partial charge in [0, 0.05) is 25.6 Å². The fourth-order valence-corrected chi connectivity index (χ4v) is 1.78. The Labute approximate surface area is 101 Å². The first kappa shape index (κ1) is 12.5. The summed E-state index contributed by atoms with van der Waals surface area (Å²) in [4.78, 5) is 6.60. The highest BCUT2D eigenvalue weighted by Gasteiger charge is 2.24. The lowest BCUT2D eigenvalue weighted by Gasteiger charge is -2.27. The molecule has 0 bridgehead atoms. The van der Waals surface area contributed by atoms with E-state index in [0.717, 1.165) is 26.1 Å². The van der Waals surface area contributed by atoms with Gasteiger partial charge in [-0.3, -0.25) is 0 Å². The molecule has 2 unspecified atom stereocenters. The van der Waals surface area contributed by atoms with E-state index in [2.05, 4.69) is 34.3 Å². The van der Waals surface area contributed by atoms with Gasteiger partial charge in [-0.15, -0.1) is 0 Å². The third kappa shape index (κ3) is 3.24. The molecule has 2 heterocycles. The van der Waals surface area contributed by atoms with Crippen LogP contribution in [0, 0.1) is 0 Å². The topological polar surface area (TPSA) is 63.4 Å². The molecule has 0 spiro atoms. The summed E-state index contributed by atoms with van der Waals surface area (Å²) in [5.74, 6) is 1.33. The van der Waals surface area contributed by atoms with Gasteiger partial charge in [-0.2, -0.15) is 4.98 Å². The second-order valence-electron chi connectivity index (χ2n) is 4.56. The van der Waals surface area contributed by atoms with Crippen molar-refractivity contribution in [3.05, 3.63) is 11.7 Å². The van der Waals surface area contributed by atoms with Gasteiger partial charge in [0.15, 0.2) is 0 Å². The fraction of sp³-hybridized carbons (Fsp3) is 0.818. The Morgan fingerprint density at radius 3 is 3.12 bits per heavy atom. The molecule has 0 amide bonds. The zero-order valence-corrected chi connectivity index (χ0v) is 10.6. The molecule has 1 aromatic heterocycles. The molecular weight excluding hydrogens is 220 g/mol. The Hall–Kier alpha value is -0.980. The lowest BCUT2D eigenvalue weighted by atomic mass is 10.2. The number of nitrogens with zero attached hydrogens (tertiary/aromatic N) is 3. The molecule has 2 rings (SSSR count). The van der Waals surface area contributed by atoms with Crippen LogP contribution in [0.25, 0.3) is 0 Å². The van der Waals surface area contributed by atoms with Gasteiger partial charge in [0.2, 0.25) is 11.7 Å². The second-order valence-corrected chi connectivity index (χ2v) is 4.56. The summed E-state index contributed by atoms with van der Waals surface area (Å²) >= 11 is 0. The Bertz CT molecular complexity index is 355. The van der Waals surface area contributed by atoms with Gasteiger partial charge in [-0.25, -0.2) is 0 Å². The predicted molar refractivity (Wildman–Crippen MR) is 62.7 cm³/mol. The van der Waals surface area contributed by atoms with Crippen LogP contribution in [0.5, 0.6) is 0 Å². The number of morpholine rings is 1. The van der Waals surface area contributed by atoms with Crippen LogP contribution < -0.4 is 5.32 Å². The minimum atomic E-state index is -0.0591. The van der Waals surface area contributed by atoms with Crippen LogP contribution in [0.1, 0.15) is 24.7 Å². The van der Waals surface area contributed by atoms with Crippen molar-refractivity contribution in [3.8, 4) is 0 Å². The Kier molecular flexibility index (Phi) is 4.09. The summed E-state index contributed by atoms with van der Waals surface area (Å²) in [7, 11) is 3.99. The number of hydrogen-bond acceptors (Lipinski definition) is 6. The lowest BCUT2D eigenvalue weighted by molar-refractivity contribution is -0.0264. The maximum atomic E-state index is 5.64. The maximum Gasteiger partial charge on any atom is 0.228 e. The first-order valence-electron chi connectivity index (χ1n) is 5.99. The van der Waals surface area contributed by atoms with E-state index in [-0.39, 0.29) is 6.10 Å². The van der Waals surface area contributed by atoms with E-state index in [4.69, 9.17) is 9.26 Å². The summed E-state index contributed by atoms with van der Waals surface area (Å²) < 4.78 is 10.9. The Balaban J connectivity index is 1.97. The van der Waals surface area contributed by atoms with E-state index in [9.17, 15) is 0 Å². The van der Waals surface area contributed by atoms with Gasteiger partial charge in [0.05, 0.1) is 6.61 Å². The van der Waals surface area contributed by atoms with Crippen LogP contribution in [0.15, 0.2) is 4.52 Å². The minimum Gasteiger partial charge on any atom is -0.367 e. The molecule has 6 nitrogen and oxygen atoms in total. The van der Waals surface area contributed by atoms with Gasteiger partial charge < -0.3 is 19.5 Å². The first-order chi connectivity index (χ1) is 8.19. The minimum absolute atomic E-state index is 0.0591. The third-order valence-corrected chi connectivity index (χ3v) is 3.01. The van der Waals surface area contributed by atoms with E-state index in [1.807, 2.05) is 7.05 Å². The maximum absolute atomic E-state index is 5.64. The molecule has 6 heteroatoms. The predicted octanol–water partition coefficient (Wildman–Crippen LogP) is 0.223. The van der Waals surface area contributed by atoms with Crippen LogP contribution in [0.3, 0.4) is 0 Å². The zero-order chi connectivity index (χ0) is 12.3. The van der Waals surface area contributed by atoms with Gasteiger partial charge in [0.1, 0.15) is 6.10 Å². The van der Waals surface area contributed by atoms with Crippen LogP contribution in [-0.4, -0.2) is 54.9 Å². The second kappa shape index (κ2) is 5.57. The highest BCUT2D eigenvalue weighted by molar-refractivity contribution is 4.95. The SMILES string of the molecule is CNC(C)Cc1nc(C2CN(C)CCO2)no1. The van der Waals surface area contributed by atoms with Crippen molar-refractivity contribution in [2.45, 2.75) is 25.5 Å². The van der Waals surface area contributed by atoms with Crippen molar-refractivity contribution in [2.75, 3.05) is 33.8 Å². The van der Waals surface area contributed by atoms with E-state index >= 15 is 0 Å².